The van der Waals surface area contributed by atoms with Crippen molar-refractivity contribution in [2.75, 3.05) is 17.7 Å². The number of aryl methyl sites for hydroxylation is 1. The van der Waals surface area contributed by atoms with Crippen molar-refractivity contribution in [3.8, 4) is 0 Å². The lowest BCUT2D eigenvalue weighted by Crippen LogP contribution is -2.06. The van der Waals surface area contributed by atoms with Crippen molar-refractivity contribution in [1.82, 2.24) is 19.9 Å². The van der Waals surface area contributed by atoms with Gasteiger partial charge in [-0.05, 0) is 22.9 Å². The highest BCUT2D eigenvalue weighted by atomic mass is 79.9. The zero-order valence-electron chi connectivity index (χ0n) is 10.1. The lowest BCUT2D eigenvalue weighted by Gasteiger charge is -2.09. The van der Waals surface area contributed by atoms with Gasteiger partial charge in [-0.2, -0.15) is 0 Å². The van der Waals surface area contributed by atoms with Crippen LogP contribution in [0.2, 0.25) is 0 Å². The zero-order chi connectivity index (χ0) is 13.0. The quantitative estimate of drug-likeness (QED) is 0.899. The van der Waals surface area contributed by atoms with Gasteiger partial charge in [0, 0.05) is 13.2 Å². The Balaban J connectivity index is 2.08. The van der Waals surface area contributed by atoms with Crippen molar-refractivity contribution in [3.63, 3.8) is 0 Å². The number of rotatable bonds is 4. The molecule has 0 aliphatic carbocycles. The minimum atomic E-state index is 0.562. The second-order valence-corrected chi connectivity index (χ2v) is 4.43. The number of anilines is 2. The van der Waals surface area contributed by atoms with E-state index in [-0.39, 0.29) is 0 Å². The van der Waals surface area contributed by atoms with E-state index in [2.05, 4.69) is 46.5 Å². The fourth-order valence-electron chi connectivity index (χ4n) is 1.35. The molecule has 0 aromatic carbocycles. The average Bonchev–Trinajstić information content (AvgIpc) is 2.39. The maximum atomic E-state index is 4.27. The van der Waals surface area contributed by atoms with Crippen LogP contribution < -0.4 is 10.6 Å². The molecule has 0 bridgehead atoms. The van der Waals surface area contributed by atoms with Crippen molar-refractivity contribution in [1.29, 1.82) is 0 Å². The second-order valence-electron chi connectivity index (χ2n) is 3.64. The number of aromatic nitrogens is 4. The van der Waals surface area contributed by atoms with Crippen LogP contribution in [0, 0.1) is 6.92 Å². The van der Waals surface area contributed by atoms with Gasteiger partial charge in [0.2, 0.25) is 0 Å². The SMILES string of the molecule is CNc1ncnc(NCc2cnc(C)cn2)c1Br. The summed E-state index contributed by atoms with van der Waals surface area (Å²) in [5, 5.41) is 6.16. The van der Waals surface area contributed by atoms with Gasteiger partial charge in [-0.3, -0.25) is 9.97 Å². The summed E-state index contributed by atoms with van der Waals surface area (Å²) in [6.07, 6.45) is 4.99. The largest absolute Gasteiger partial charge is 0.372 e. The molecule has 0 aliphatic rings. The maximum absolute atomic E-state index is 4.27. The van der Waals surface area contributed by atoms with Gasteiger partial charge in [0.05, 0.1) is 24.1 Å². The molecule has 2 aromatic heterocycles. The Morgan fingerprint density at radius 2 is 1.89 bits per heavy atom. The van der Waals surface area contributed by atoms with Gasteiger partial charge >= 0.3 is 0 Å². The first-order valence-electron chi connectivity index (χ1n) is 5.40. The van der Waals surface area contributed by atoms with Crippen molar-refractivity contribution < 1.29 is 0 Å². The maximum Gasteiger partial charge on any atom is 0.146 e. The first kappa shape index (κ1) is 12.7. The standard InChI is InChI=1S/C11H13BrN6/c1-7-3-15-8(4-14-7)5-16-11-9(12)10(13-2)17-6-18-11/h3-4,6H,5H2,1-2H3,(H2,13,16,17,18). The molecule has 0 saturated heterocycles. The van der Waals surface area contributed by atoms with Crippen LogP contribution in [0.3, 0.4) is 0 Å². The molecule has 2 N–H and O–H groups in total. The lowest BCUT2D eigenvalue weighted by molar-refractivity contribution is 0.971. The second kappa shape index (κ2) is 5.72. The minimum absolute atomic E-state index is 0.562. The molecular weight excluding hydrogens is 296 g/mol. The first-order chi connectivity index (χ1) is 8.70. The molecule has 18 heavy (non-hydrogen) atoms. The predicted molar refractivity (Wildman–Crippen MR) is 73.4 cm³/mol. The van der Waals surface area contributed by atoms with E-state index >= 15 is 0 Å². The van der Waals surface area contributed by atoms with Crippen LogP contribution in [0.4, 0.5) is 11.6 Å². The van der Waals surface area contributed by atoms with Crippen LogP contribution in [0.1, 0.15) is 11.4 Å². The fraction of sp³-hybridized carbons (Fsp3) is 0.273. The zero-order valence-corrected chi connectivity index (χ0v) is 11.7. The van der Waals surface area contributed by atoms with Crippen LogP contribution >= 0.6 is 15.9 Å². The van der Waals surface area contributed by atoms with Crippen LogP contribution in [-0.2, 0) is 6.54 Å². The third kappa shape index (κ3) is 2.92. The molecule has 0 amide bonds. The van der Waals surface area contributed by atoms with Crippen LogP contribution in [0.5, 0.6) is 0 Å². The molecule has 0 unspecified atom stereocenters. The van der Waals surface area contributed by atoms with Crippen molar-refractivity contribution in [3.05, 3.63) is 34.6 Å². The number of hydrogen-bond donors (Lipinski definition) is 2. The van der Waals surface area contributed by atoms with E-state index in [1.54, 1.807) is 12.4 Å². The number of hydrogen-bond acceptors (Lipinski definition) is 6. The molecular formula is C11H13BrN6. The summed E-state index contributed by atoms with van der Waals surface area (Å²) in [5.74, 6) is 1.46. The van der Waals surface area contributed by atoms with Crippen molar-refractivity contribution in [2.45, 2.75) is 13.5 Å². The van der Waals surface area contributed by atoms with Crippen molar-refractivity contribution in [2.24, 2.45) is 0 Å². The Labute approximate surface area is 113 Å². The van der Waals surface area contributed by atoms with E-state index in [4.69, 9.17) is 0 Å². The summed E-state index contributed by atoms with van der Waals surface area (Å²) in [5.41, 5.74) is 1.76. The van der Waals surface area contributed by atoms with Gasteiger partial charge in [-0.15, -0.1) is 0 Å². The van der Waals surface area contributed by atoms with Gasteiger partial charge in [-0.1, -0.05) is 0 Å². The van der Waals surface area contributed by atoms with Crippen molar-refractivity contribution >= 4 is 27.6 Å². The predicted octanol–water partition coefficient (Wildman–Crippen LogP) is 1.99. The first-order valence-corrected chi connectivity index (χ1v) is 6.19. The Hall–Kier alpha value is -1.76. The molecule has 6 nitrogen and oxygen atoms in total. The van der Waals surface area contributed by atoms with Gasteiger partial charge in [0.1, 0.15) is 22.4 Å². The third-order valence-corrected chi connectivity index (χ3v) is 3.05. The molecule has 2 heterocycles. The molecule has 0 aliphatic heterocycles. The van der Waals surface area contributed by atoms with Crippen LogP contribution in [0.15, 0.2) is 23.2 Å². The summed E-state index contributed by atoms with van der Waals surface area (Å²) < 4.78 is 0.799. The summed E-state index contributed by atoms with van der Waals surface area (Å²) in [7, 11) is 1.81. The number of halogens is 1. The molecule has 0 atom stereocenters. The van der Waals surface area contributed by atoms with E-state index in [9.17, 15) is 0 Å². The normalized spacial score (nSPS) is 10.2. The van der Waals surface area contributed by atoms with E-state index in [0.717, 1.165) is 27.5 Å². The molecule has 0 radical (unpaired) electrons. The summed E-state index contributed by atoms with van der Waals surface area (Å²) in [4.78, 5) is 16.7. The number of nitrogens with zero attached hydrogens (tertiary/aromatic N) is 4. The van der Waals surface area contributed by atoms with E-state index in [0.29, 0.717) is 6.54 Å². The minimum Gasteiger partial charge on any atom is -0.372 e. The average molecular weight is 309 g/mol. The Morgan fingerprint density at radius 3 is 2.56 bits per heavy atom. The Bertz CT molecular complexity index is 528. The summed E-state index contributed by atoms with van der Waals surface area (Å²) in [6.45, 7) is 2.47. The molecule has 7 heteroatoms. The molecule has 94 valence electrons. The number of nitrogens with one attached hydrogen (secondary N) is 2. The molecule has 2 rings (SSSR count). The summed E-state index contributed by atoms with van der Waals surface area (Å²) in [6, 6.07) is 0. The van der Waals surface area contributed by atoms with Gasteiger partial charge < -0.3 is 10.6 Å². The van der Waals surface area contributed by atoms with E-state index < -0.39 is 0 Å². The fourth-order valence-corrected chi connectivity index (χ4v) is 1.90. The molecule has 2 aromatic rings. The van der Waals surface area contributed by atoms with Gasteiger partial charge in [-0.25, -0.2) is 9.97 Å². The Kier molecular flexibility index (Phi) is 4.03. The third-order valence-electron chi connectivity index (χ3n) is 2.30. The topological polar surface area (TPSA) is 75.6 Å². The Morgan fingerprint density at radius 1 is 1.11 bits per heavy atom. The lowest BCUT2D eigenvalue weighted by atomic mass is 10.4. The highest BCUT2D eigenvalue weighted by molar-refractivity contribution is 9.10. The van der Waals surface area contributed by atoms with Gasteiger partial charge in [0.25, 0.3) is 0 Å². The van der Waals surface area contributed by atoms with E-state index in [1.807, 2.05) is 14.0 Å². The highest BCUT2D eigenvalue weighted by Gasteiger charge is 2.07. The summed E-state index contributed by atoms with van der Waals surface area (Å²) >= 11 is 3.44. The smallest absolute Gasteiger partial charge is 0.146 e. The van der Waals surface area contributed by atoms with Gasteiger partial charge in [0.15, 0.2) is 0 Å². The molecule has 0 saturated carbocycles. The van der Waals surface area contributed by atoms with Crippen LogP contribution in [-0.4, -0.2) is 27.0 Å². The monoisotopic (exact) mass is 308 g/mol. The van der Waals surface area contributed by atoms with Crippen LogP contribution in [0.25, 0.3) is 0 Å². The molecule has 0 fully saturated rings. The van der Waals surface area contributed by atoms with E-state index in [1.165, 1.54) is 6.33 Å². The highest BCUT2D eigenvalue weighted by Crippen LogP contribution is 2.26. The molecule has 0 spiro atoms.